The Morgan fingerprint density at radius 2 is 1.31 bits per heavy atom. The van der Waals surface area contributed by atoms with Gasteiger partial charge in [-0.2, -0.15) is 11.1 Å². The van der Waals surface area contributed by atoms with Crippen molar-refractivity contribution in [2.45, 2.75) is 52.8 Å². The first-order chi connectivity index (χ1) is 5.66. The highest BCUT2D eigenvalue weighted by Crippen LogP contribution is 2.38. The first-order valence-electron chi connectivity index (χ1n) is 4.93. The lowest BCUT2D eigenvalue weighted by molar-refractivity contribution is 0.162. The summed E-state index contributed by atoms with van der Waals surface area (Å²) in [5.41, 5.74) is 0. The molecule has 0 amide bonds. The molecule has 0 bridgehead atoms. The summed E-state index contributed by atoms with van der Waals surface area (Å²) >= 11 is 6.15. The van der Waals surface area contributed by atoms with Gasteiger partial charge in [0.2, 0.25) is 0 Å². The highest BCUT2D eigenvalue weighted by molar-refractivity contribution is 7.20. The zero-order chi connectivity index (χ0) is 11.1. The van der Waals surface area contributed by atoms with Crippen molar-refractivity contribution in [1.82, 2.24) is 0 Å². The van der Waals surface area contributed by atoms with Gasteiger partial charge < -0.3 is 4.74 Å². The zero-order valence-corrected chi connectivity index (χ0v) is 12.0. The lowest BCUT2D eigenvalue weighted by Crippen LogP contribution is -2.29. The molecule has 0 aliphatic rings. The number of hydrogen-bond donors (Lipinski definition) is 0. The minimum atomic E-state index is -1.39. The number of hydrogen-bond acceptors (Lipinski definition) is 1. The smallest absolute Gasteiger partial charge is 0.155 e. The van der Waals surface area contributed by atoms with E-state index in [4.69, 9.17) is 15.8 Å². The highest BCUT2D eigenvalue weighted by atomic mass is 35.6. The van der Waals surface area contributed by atoms with Crippen molar-refractivity contribution < 1.29 is 4.74 Å². The Bertz CT molecular complexity index is 99.1. The van der Waals surface area contributed by atoms with Gasteiger partial charge in [0.1, 0.15) is 0 Å². The van der Waals surface area contributed by atoms with E-state index in [1.807, 2.05) is 13.8 Å². The van der Waals surface area contributed by atoms with Crippen molar-refractivity contribution in [2.75, 3.05) is 13.2 Å². The summed E-state index contributed by atoms with van der Waals surface area (Å²) in [6, 6.07) is 0. The largest absolute Gasteiger partial charge is 0.382 e. The van der Waals surface area contributed by atoms with E-state index in [-0.39, 0.29) is 0 Å². The lowest BCUT2D eigenvalue weighted by Gasteiger charge is -2.29. The quantitative estimate of drug-likeness (QED) is 0.503. The molecule has 0 fully saturated rings. The molecule has 13 heavy (non-hydrogen) atoms. The van der Waals surface area contributed by atoms with Crippen molar-refractivity contribution >= 4 is 18.5 Å². The van der Waals surface area contributed by atoms with E-state index in [1.54, 1.807) is 0 Å². The molecule has 0 aliphatic heterocycles. The Hall–Kier alpha value is 0.467. The van der Waals surface area contributed by atoms with Gasteiger partial charge in [0.25, 0.3) is 0 Å². The van der Waals surface area contributed by atoms with Crippen molar-refractivity contribution in [2.24, 2.45) is 0 Å². The molecule has 0 radical (unpaired) electrons. The van der Waals surface area contributed by atoms with Gasteiger partial charge in [0.05, 0.1) is 0 Å². The van der Waals surface area contributed by atoms with E-state index < -0.39 is 7.38 Å². The molecule has 0 aromatic heterocycles. The predicted molar refractivity (Wildman–Crippen MR) is 65.2 cm³/mol. The fourth-order valence-electron chi connectivity index (χ4n) is 0.204. The Balaban J connectivity index is 0. The number of rotatable bonds is 2. The van der Waals surface area contributed by atoms with Crippen LogP contribution < -0.4 is 0 Å². The minimum absolute atomic E-state index is 0.342. The van der Waals surface area contributed by atoms with E-state index in [1.165, 1.54) is 0 Å². The molecular formula is C10H25ClOSi. The zero-order valence-electron chi connectivity index (χ0n) is 10.2. The lowest BCUT2D eigenvalue weighted by atomic mass is 10.2. The Kier molecular flexibility index (Phi) is 8.39. The van der Waals surface area contributed by atoms with Crippen LogP contribution in [0.15, 0.2) is 0 Å². The topological polar surface area (TPSA) is 9.23 Å². The van der Waals surface area contributed by atoms with Crippen molar-refractivity contribution in [1.29, 1.82) is 0 Å². The monoisotopic (exact) mass is 224 g/mol. The van der Waals surface area contributed by atoms with Crippen molar-refractivity contribution in [3.8, 4) is 0 Å². The van der Waals surface area contributed by atoms with Crippen LogP contribution in [0.3, 0.4) is 0 Å². The van der Waals surface area contributed by atoms with E-state index >= 15 is 0 Å². The second-order valence-electron chi connectivity index (χ2n) is 4.50. The third kappa shape index (κ3) is 10.4. The first-order valence-corrected chi connectivity index (χ1v) is 8.94. The van der Waals surface area contributed by atoms with E-state index in [9.17, 15) is 0 Å². The molecule has 0 rings (SSSR count). The summed E-state index contributed by atoms with van der Waals surface area (Å²) in [6.45, 7) is 16.6. The molecule has 0 aromatic carbocycles. The van der Waals surface area contributed by atoms with Gasteiger partial charge >= 0.3 is 0 Å². The number of halogens is 1. The second-order valence-corrected chi connectivity index (χ2v) is 11.8. The third-order valence-electron chi connectivity index (χ3n) is 2.19. The highest BCUT2D eigenvalue weighted by Gasteiger charge is 2.32. The van der Waals surface area contributed by atoms with Crippen molar-refractivity contribution in [3.63, 3.8) is 0 Å². The average Bonchev–Trinajstić information content (AvgIpc) is 1.85. The summed E-state index contributed by atoms with van der Waals surface area (Å²) in [4.78, 5) is 0. The summed E-state index contributed by atoms with van der Waals surface area (Å²) in [5, 5.41) is 0.342. The van der Waals surface area contributed by atoms with Crippen LogP contribution in [0.1, 0.15) is 34.6 Å². The maximum absolute atomic E-state index is 6.15. The predicted octanol–water partition coefficient (Wildman–Crippen LogP) is 4.27. The van der Waals surface area contributed by atoms with Crippen LogP contribution in [-0.4, -0.2) is 20.6 Å². The van der Waals surface area contributed by atoms with Gasteiger partial charge in [-0.15, -0.1) is 0 Å². The minimum Gasteiger partial charge on any atom is -0.382 e. The molecule has 0 atom stereocenters. The molecular weight excluding hydrogens is 200 g/mol. The van der Waals surface area contributed by atoms with Crippen molar-refractivity contribution in [3.05, 3.63) is 0 Å². The van der Waals surface area contributed by atoms with Crippen LogP contribution in [0.2, 0.25) is 18.1 Å². The molecule has 1 nitrogen and oxygen atoms in total. The summed E-state index contributed by atoms with van der Waals surface area (Å²) in [7, 11) is -1.39. The van der Waals surface area contributed by atoms with Crippen LogP contribution >= 0.6 is 11.1 Å². The standard InChI is InChI=1S/C6H15ClSi.C4H10O/c1-6(2,3)8(4,5)7;1-3-5-4-2/h1-5H3;3-4H2,1-2H3. The molecule has 0 spiro atoms. The first kappa shape index (κ1) is 15.9. The Morgan fingerprint density at radius 1 is 1.08 bits per heavy atom. The molecule has 0 unspecified atom stereocenters. The molecule has 3 heteroatoms. The van der Waals surface area contributed by atoms with Crippen LogP contribution in [0, 0.1) is 0 Å². The van der Waals surface area contributed by atoms with Crippen LogP contribution in [0.25, 0.3) is 0 Å². The Labute approximate surface area is 89.5 Å². The van der Waals surface area contributed by atoms with Crippen LogP contribution in [0.5, 0.6) is 0 Å². The summed E-state index contributed by atoms with van der Waals surface area (Å²) in [5.74, 6) is 0. The van der Waals surface area contributed by atoms with Crippen LogP contribution in [0.4, 0.5) is 0 Å². The normalized spacial score (nSPS) is 12.0. The maximum Gasteiger partial charge on any atom is 0.155 e. The van der Waals surface area contributed by atoms with E-state index in [0.717, 1.165) is 13.2 Å². The van der Waals surface area contributed by atoms with Gasteiger partial charge in [-0.25, -0.2) is 0 Å². The molecule has 0 aliphatic carbocycles. The molecule has 0 N–H and O–H groups in total. The average molecular weight is 225 g/mol. The van der Waals surface area contributed by atoms with E-state index in [0.29, 0.717) is 5.04 Å². The van der Waals surface area contributed by atoms with Gasteiger partial charge in [0.15, 0.2) is 7.38 Å². The molecule has 0 saturated heterocycles. The van der Waals surface area contributed by atoms with Crippen LogP contribution in [-0.2, 0) is 4.74 Å². The second kappa shape index (κ2) is 6.85. The van der Waals surface area contributed by atoms with Gasteiger partial charge in [0, 0.05) is 13.2 Å². The van der Waals surface area contributed by atoms with Gasteiger partial charge in [-0.3, -0.25) is 0 Å². The van der Waals surface area contributed by atoms with Gasteiger partial charge in [-0.1, -0.05) is 33.9 Å². The SMILES string of the molecule is CC(C)(C)[Si](C)(C)Cl.CCOCC. The van der Waals surface area contributed by atoms with E-state index in [2.05, 4.69) is 33.9 Å². The maximum atomic E-state index is 6.15. The molecule has 0 heterocycles. The summed E-state index contributed by atoms with van der Waals surface area (Å²) in [6.07, 6.45) is 0. The number of ether oxygens (including phenoxy) is 1. The Morgan fingerprint density at radius 3 is 1.31 bits per heavy atom. The third-order valence-corrected chi connectivity index (χ3v) is 7.46. The fraction of sp³-hybridized carbons (Fsp3) is 1.00. The van der Waals surface area contributed by atoms with Gasteiger partial charge in [-0.05, 0) is 18.9 Å². The molecule has 82 valence electrons. The molecule has 0 saturated carbocycles. The summed E-state index contributed by atoms with van der Waals surface area (Å²) < 4.78 is 4.83. The molecule has 0 aromatic rings. The fourth-order valence-corrected chi connectivity index (χ4v) is 0.204.